The number of rotatable bonds is 2. The predicted molar refractivity (Wildman–Crippen MR) is 79.3 cm³/mol. The Labute approximate surface area is 126 Å². The highest BCUT2D eigenvalue weighted by molar-refractivity contribution is 5.27. The number of ether oxygens (including phenoxy) is 2. The molecule has 2 unspecified atom stereocenters. The fourth-order valence-corrected chi connectivity index (χ4v) is 3.94. The van der Waals surface area contributed by atoms with Gasteiger partial charge in [-0.2, -0.15) is 5.10 Å². The molecule has 0 aliphatic carbocycles. The fraction of sp³-hybridized carbons (Fsp3) is 0.812. The van der Waals surface area contributed by atoms with Crippen molar-refractivity contribution in [3.05, 3.63) is 17.0 Å². The van der Waals surface area contributed by atoms with Crippen LogP contribution in [0.25, 0.3) is 0 Å². The topological polar surface area (TPSA) is 56.5 Å². The van der Waals surface area contributed by atoms with Crippen LogP contribution < -0.4 is 0 Å². The van der Waals surface area contributed by atoms with Crippen molar-refractivity contribution in [3.8, 4) is 0 Å². The molecular weight excluding hydrogens is 268 g/mol. The second kappa shape index (κ2) is 5.71. The smallest absolute Gasteiger partial charge is 0.0797 e. The predicted octanol–water partition coefficient (Wildman–Crippen LogP) is 2.45. The van der Waals surface area contributed by atoms with E-state index in [1.807, 2.05) is 13.8 Å². The van der Waals surface area contributed by atoms with Gasteiger partial charge >= 0.3 is 0 Å². The van der Waals surface area contributed by atoms with Crippen LogP contribution >= 0.6 is 0 Å². The molecule has 3 rings (SSSR count). The Morgan fingerprint density at radius 2 is 2.00 bits per heavy atom. The molecule has 1 N–H and O–H groups in total. The second-order valence-corrected chi connectivity index (χ2v) is 6.50. The summed E-state index contributed by atoms with van der Waals surface area (Å²) in [5.41, 5.74) is 2.98. The molecule has 1 spiro atoms. The molecule has 0 radical (unpaired) electrons. The Bertz CT molecular complexity index is 498. The van der Waals surface area contributed by atoms with Crippen molar-refractivity contribution in [2.24, 2.45) is 0 Å². The van der Waals surface area contributed by atoms with Crippen molar-refractivity contribution in [1.29, 1.82) is 0 Å². The van der Waals surface area contributed by atoms with Crippen molar-refractivity contribution in [3.63, 3.8) is 0 Å². The van der Waals surface area contributed by atoms with Gasteiger partial charge in [-0.05, 0) is 46.5 Å². The summed E-state index contributed by atoms with van der Waals surface area (Å²) < 4.78 is 13.7. The molecule has 0 bridgehead atoms. The number of aliphatic hydroxyl groups is 1. The third-order valence-corrected chi connectivity index (χ3v) is 5.02. The van der Waals surface area contributed by atoms with E-state index in [-0.39, 0.29) is 5.60 Å². The van der Waals surface area contributed by atoms with E-state index in [1.54, 1.807) is 0 Å². The zero-order valence-corrected chi connectivity index (χ0v) is 13.3. The van der Waals surface area contributed by atoms with E-state index in [0.717, 1.165) is 62.5 Å². The molecule has 21 heavy (non-hydrogen) atoms. The molecule has 1 aromatic heterocycles. The lowest BCUT2D eigenvalue weighted by atomic mass is 9.84. The van der Waals surface area contributed by atoms with Gasteiger partial charge in [0.2, 0.25) is 0 Å². The van der Waals surface area contributed by atoms with E-state index >= 15 is 0 Å². The number of hydrogen-bond donors (Lipinski definition) is 1. The summed E-state index contributed by atoms with van der Waals surface area (Å²) in [5.74, 6) is 0. The minimum absolute atomic E-state index is 0.0293. The molecular formula is C16H26N2O3. The molecule has 0 amide bonds. The van der Waals surface area contributed by atoms with Crippen LogP contribution in [0.15, 0.2) is 0 Å². The van der Waals surface area contributed by atoms with Gasteiger partial charge in [-0.1, -0.05) is 0 Å². The van der Waals surface area contributed by atoms with Crippen molar-refractivity contribution in [2.45, 2.75) is 64.2 Å². The quantitative estimate of drug-likeness (QED) is 0.910. The van der Waals surface area contributed by atoms with Crippen molar-refractivity contribution in [1.82, 2.24) is 9.78 Å². The summed E-state index contributed by atoms with van der Waals surface area (Å²) in [5, 5.41) is 14.6. The lowest BCUT2D eigenvalue weighted by Gasteiger charge is -2.43. The Kier molecular flexibility index (Phi) is 4.08. The lowest BCUT2D eigenvalue weighted by molar-refractivity contribution is -0.145. The van der Waals surface area contributed by atoms with Gasteiger partial charge in [0.05, 0.1) is 23.4 Å². The van der Waals surface area contributed by atoms with Gasteiger partial charge in [0.15, 0.2) is 0 Å². The second-order valence-electron chi connectivity index (χ2n) is 6.50. The highest BCUT2D eigenvalue weighted by atomic mass is 16.5. The highest BCUT2D eigenvalue weighted by Crippen LogP contribution is 2.40. The summed E-state index contributed by atoms with van der Waals surface area (Å²) in [6, 6.07) is 0.364. The maximum absolute atomic E-state index is 9.94. The molecule has 2 saturated heterocycles. The Balaban J connectivity index is 1.85. The molecule has 0 aromatic carbocycles. The van der Waals surface area contributed by atoms with Crippen LogP contribution in [-0.4, -0.2) is 40.3 Å². The number of aliphatic hydroxyl groups excluding tert-OH is 1. The van der Waals surface area contributed by atoms with Gasteiger partial charge in [0, 0.05) is 31.1 Å². The molecule has 118 valence electrons. The standard InChI is InChI=1S/C16H26N2O3/c1-11-15(13(3)19)12(2)18(17-11)14-4-7-21-16(10-14)5-8-20-9-6-16/h13-14,19H,4-10H2,1-3H3. The van der Waals surface area contributed by atoms with Crippen LogP contribution in [0, 0.1) is 13.8 Å². The molecule has 0 saturated carbocycles. The Hall–Kier alpha value is -0.910. The highest BCUT2D eigenvalue weighted by Gasteiger charge is 2.40. The summed E-state index contributed by atoms with van der Waals surface area (Å²) in [6.07, 6.45) is 3.48. The third kappa shape index (κ3) is 2.74. The van der Waals surface area contributed by atoms with Crippen LogP contribution in [-0.2, 0) is 9.47 Å². The van der Waals surface area contributed by atoms with E-state index in [2.05, 4.69) is 11.6 Å². The van der Waals surface area contributed by atoms with Crippen LogP contribution in [0.1, 0.15) is 61.7 Å². The van der Waals surface area contributed by atoms with Gasteiger partial charge in [-0.3, -0.25) is 4.68 Å². The van der Waals surface area contributed by atoms with Gasteiger partial charge in [-0.15, -0.1) is 0 Å². The summed E-state index contributed by atoms with van der Waals surface area (Å²) >= 11 is 0. The summed E-state index contributed by atoms with van der Waals surface area (Å²) in [7, 11) is 0. The van der Waals surface area contributed by atoms with Crippen LogP contribution in [0.4, 0.5) is 0 Å². The minimum Gasteiger partial charge on any atom is -0.389 e. The van der Waals surface area contributed by atoms with E-state index < -0.39 is 6.10 Å². The number of nitrogens with zero attached hydrogens (tertiary/aromatic N) is 2. The van der Waals surface area contributed by atoms with Crippen LogP contribution in [0.2, 0.25) is 0 Å². The van der Waals surface area contributed by atoms with E-state index in [1.165, 1.54) is 0 Å². The SMILES string of the molecule is Cc1nn(C2CCOC3(CCOCC3)C2)c(C)c1C(C)O. The number of hydrogen-bond acceptors (Lipinski definition) is 4. The molecule has 2 fully saturated rings. The van der Waals surface area contributed by atoms with Gasteiger partial charge < -0.3 is 14.6 Å². The zero-order valence-electron chi connectivity index (χ0n) is 13.3. The fourth-order valence-electron chi connectivity index (χ4n) is 3.94. The van der Waals surface area contributed by atoms with Crippen LogP contribution in [0.5, 0.6) is 0 Å². The minimum atomic E-state index is -0.462. The normalized spacial score (nSPS) is 27.0. The maximum Gasteiger partial charge on any atom is 0.0797 e. The Morgan fingerprint density at radius 3 is 2.62 bits per heavy atom. The first-order chi connectivity index (χ1) is 10.0. The average molecular weight is 294 g/mol. The number of aromatic nitrogens is 2. The van der Waals surface area contributed by atoms with E-state index in [0.29, 0.717) is 6.04 Å². The molecule has 2 atom stereocenters. The first-order valence-corrected chi connectivity index (χ1v) is 7.98. The molecule has 5 heteroatoms. The first kappa shape index (κ1) is 15.0. The number of aryl methyl sites for hydroxylation is 1. The van der Waals surface area contributed by atoms with Gasteiger partial charge in [0.25, 0.3) is 0 Å². The summed E-state index contributed by atoms with van der Waals surface area (Å²) in [6.45, 7) is 8.23. The van der Waals surface area contributed by atoms with Crippen LogP contribution in [0.3, 0.4) is 0 Å². The zero-order chi connectivity index (χ0) is 15.0. The lowest BCUT2D eigenvalue weighted by Crippen LogP contribution is -2.45. The van der Waals surface area contributed by atoms with Crippen molar-refractivity contribution >= 4 is 0 Å². The van der Waals surface area contributed by atoms with E-state index in [9.17, 15) is 5.11 Å². The van der Waals surface area contributed by atoms with Crippen molar-refractivity contribution in [2.75, 3.05) is 19.8 Å². The van der Waals surface area contributed by atoms with Gasteiger partial charge in [-0.25, -0.2) is 0 Å². The molecule has 2 aliphatic rings. The van der Waals surface area contributed by atoms with E-state index in [4.69, 9.17) is 14.6 Å². The van der Waals surface area contributed by atoms with Gasteiger partial charge in [0.1, 0.15) is 0 Å². The molecule has 3 heterocycles. The molecule has 1 aromatic rings. The Morgan fingerprint density at radius 1 is 1.29 bits per heavy atom. The maximum atomic E-state index is 9.94. The third-order valence-electron chi connectivity index (χ3n) is 5.02. The van der Waals surface area contributed by atoms with Crippen molar-refractivity contribution < 1.29 is 14.6 Å². The summed E-state index contributed by atoms with van der Waals surface area (Å²) in [4.78, 5) is 0. The molecule has 5 nitrogen and oxygen atoms in total. The first-order valence-electron chi connectivity index (χ1n) is 7.98. The monoisotopic (exact) mass is 294 g/mol. The molecule has 2 aliphatic heterocycles. The average Bonchev–Trinajstić information content (AvgIpc) is 2.75. The largest absolute Gasteiger partial charge is 0.389 e.